The molecule has 2 rings (SSSR count). The number of nitrogens with one attached hydrogen (secondary N) is 1. The molecule has 1 heterocycles. The van der Waals surface area contributed by atoms with Crippen molar-refractivity contribution < 1.29 is 8.42 Å². The molecule has 118 valence electrons. The van der Waals surface area contributed by atoms with Crippen molar-refractivity contribution in [3.63, 3.8) is 0 Å². The topological polar surface area (TPSA) is 88.3 Å². The smallest absolute Gasteiger partial charge is 0.261 e. The van der Waals surface area contributed by atoms with E-state index in [1.165, 1.54) is 12.1 Å². The monoisotopic (exact) mass is 320 g/mol. The molecule has 7 heteroatoms. The molecule has 2 aromatic rings. The molecule has 0 aliphatic rings. The van der Waals surface area contributed by atoms with Crippen LogP contribution in [0.5, 0.6) is 0 Å². The molecular weight excluding hydrogens is 300 g/mol. The third-order valence-corrected chi connectivity index (χ3v) is 4.67. The molecule has 0 aliphatic heterocycles. The van der Waals surface area contributed by atoms with Gasteiger partial charge in [0.2, 0.25) is 0 Å². The molecule has 3 N–H and O–H groups in total. The first kappa shape index (κ1) is 16.1. The Labute approximate surface area is 131 Å². The standard InChI is InChI=1S/C15H20N4O2S/c1-3-19(4-2)15-11-13(9-10-17-15)18-22(20,21)14-7-5-12(16)6-8-14/h5-11H,3-4,16H2,1-2H3,(H,17,18). The average Bonchev–Trinajstić information content (AvgIpc) is 2.49. The molecule has 22 heavy (non-hydrogen) atoms. The maximum Gasteiger partial charge on any atom is 0.261 e. The van der Waals surface area contributed by atoms with Crippen LogP contribution in [0.1, 0.15) is 13.8 Å². The summed E-state index contributed by atoms with van der Waals surface area (Å²) in [6.07, 6.45) is 1.59. The maximum atomic E-state index is 12.3. The van der Waals surface area contributed by atoms with Crippen molar-refractivity contribution in [2.75, 3.05) is 28.4 Å². The number of nitrogens with two attached hydrogens (primary N) is 1. The van der Waals surface area contributed by atoms with E-state index in [-0.39, 0.29) is 4.90 Å². The summed E-state index contributed by atoms with van der Waals surface area (Å²) in [4.78, 5) is 6.48. The van der Waals surface area contributed by atoms with Crippen molar-refractivity contribution in [3.05, 3.63) is 42.6 Å². The molecule has 1 aromatic heterocycles. The molecular formula is C15H20N4O2S. The van der Waals surface area contributed by atoms with E-state index in [9.17, 15) is 8.42 Å². The van der Waals surface area contributed by atoms with Gasteiger partial charge in [-0.3, -0.25) is 4.72 Å². The fourth-order valence-electron chi connectivity index (χ4n) is 2.06. The Bertz CT molecular complexity index is 725. The maximum absolute atomic E-state index is 12.3. The van der Waals surface area contributed by atoms with Gasteiger partial charge < -0.3 is 10.6 Å². The second kappa shape index (κ2) is 6.65. The number of sulfonamides is 1. The number of hydrogen-bond acceptors (Lipinski definition) is 5. The van der Waals surface area contributed by atoms with Gasteiger partial charge in [0.25, 0.3) is 10.0 Å². The zero-order valence-corrected chi connectivity index (χ0v) is 13.5. The van der Waals surface area contributed by atoms with E-state index < -0.39 is 10.0 Å². The highest BCUT2D eigenvalue weighted by atomic mass is 32.2. The fourth-order valence-corrected chi connectivity index (χ4v) is 3.11. The van der Waals surface area contributed by atoms with Gasteiger partial charge in [-0.2, -0.15) is 0 Å². The number of anilines is 3. The predicted molar refractivity (Wildman–Crippen MR) is 89.5 cm³/mol. The Hall–Kier alpha value is -2.28. The first-order chi connectivity index (χ1) is 10.5. The van der Waals surface area contributed by atoms with Crippen LogP contribution < -0.4 is 15.4 Å². The van der Waals surface area contributed by atoms with E-state index in [0.717, 1.165) is 18.9 Å². The van der Waals surface area contributed by atoms with E-state index in [1.54, 1.807) is 30.5 Å². The van der Waals surface area contributed by atoms with Crippen molar-refractivity contribution in [3.8, 4) is 0 Å². The highest BCUT2D eigenvalue weighted by molar-refractivity contribution is 7.92. The van der Waals surface area contributed by atoms with Crippen molar-refractivity contribution >= 4 is 27.2 Å². The molecule has 0 amide bonds. The van der Waals surface area contributed by atoms with Crippen LogP contribution in [0.2, 0.25) is 0 Å². The zero-order valence-electron chi connectivity index (χ0n) is 12.7. The van der Waals surface area contributed by atoms with Gasteiger partial charge in [-0.25, -0.2) is 13.4 Å². The third kappa shape index (κ3) is 3.67. The van der Waals surface area contributed by atoms with Gasteiger partial charge in [0.05, 0.1) is 10.6 Å². The van der Waals surface area contributed by atoms with Crippen LogP contribution in [0.25, 0.3) is 0 Å². The van der Waals surface area contributed by atoms with Crippen LogP contribution in [0, 0.1) is 0 Å². The molecule has 0 saturated heterocycles. The lowest BCUT2D eigenvalue weighted by atomic mass is 10.3. The van der Waals surface area contributed by atoms with E-state index in [2.05, 4.69) is 9.71 Å². The second-order valence-corrected chi connectivity index (χ2v) is 6.43. The molecule has 0 unspecified atom stereocenters. The predicted octanol–water partition coefficient (Wildman–Crippen LogP) is 2.31. The molecule has 0 spiro atoms. The first-order valence-corrected chi connectivity index (χ1v) is 8.54. The Balaban J connectivity index is 2.26. The van der Waals surface area contributed by atoms with Crippen LogP contribution in [0.15, 0.2) is 47.5 Å². The number of nitrogens with zero attached hydrogens (tertiary/aromatic N) is 2. The van der Waals surface area contributed by atoms with Crippen molar-refractivity contribution in [2.24, 2.45) is 0 Å². The zero-order chi connectivity index (χ0) is 16.2. The van der Waals surface area contributed by atoms with Crippen molar-refractivity contribution in [2.45, 2.75) is 18.7 Å². The Kier molecular flexibility index (Phi) is 4.87. The van der Waals surface area contributed by atoms with E-state index in [4.69, 9.17) is 5.73 Å². The van der Waals surface area contributed by atoms with Crippen LogP contribution >= 0.6 is 0 Å². The van der Waals surface area contributed by atoms with E-state index >= 15 is 0 Å². The quantitative estimate of drug-likeness (QED) is 0.797. The first-order valence-electron chi connectivity index (χ1n) is 7.05. The summed E-state index contributed by atoms with van der Waals surface area (Å²) in [7, 11) is -3.64. The highest BCUT2D eigenvalue weighted by Gasteiger charge is 2.14. The lowest BCUT2D eigenvalue weighted by molar-refractivity contribution is 0.601. The van der Waals surface area contributed by atoms with Gasteiger partial charge in [-0.1, -0.05) is 0 Å². The van der Waals surface area contributed by atoms with Gasteiger partial charge in [-0.15, -0.1) is 0 Å². The summed E-state index contributed by atoms with van der Waals surface area (Å²) in [6, 6.07) is 9.42. The van der Waals surface area contributed by atoms with Crippen LogP contribution in [0.4, 0.5) is 17.2 Å². The minimum Gasteiger partial charge on any atom is -0.399 e. The number of benzene rings is 1. The SMILES string of the molecule is CCN(CC)c1cc(NS(=O)(=O)c2ccc(N)cc2)ccn1. The summed E-state index contributed by atoms with van der Waals surface area (Å²) >= 11 is 0. The number of pyridine rings is 1. The van der Waals surface area contributed by atoms with Gasteiger partial charge in [0.1, 0.15) is 5.82 Å². The highest BCUT2D eigenvalue weighted by Crippen LogP contribution is 2.20. The molecule has 6 nitrogen and oxygen atoms in total. The van der Waals surface area contributed by atoms with E-state index in [0.29, 0.717) is 11.4 Å². The van der Waals surface area contributed by atoms with E-state index in [1.807, 2.05) is 18.7 Å². The van der Waals surface area contributed by atoms with Crippen LogP contribution in [-0.2, 0) is 10.0 Å². The van der Waals surface area contributed by atoms with Crippen LogP contribution in [0.3, 0.4) is 0 Å². The number of nitrogen functional groups attached to an aromatic ring is 1. The Morgan fingerprint density at radius 3 is 2.36 bits per heavy atom. The fraction of sp³-hybridized carbons (Fsp3) is 0.267. The normalized spacial score (nSPS) is 11.2. The molecule has 0 saturated carbocycles. The summed E-state index contributed by atoms with van der Waals surface area (Å²) in [5.74, 6) is 0.738. The largest absolute Gasteiger partial charge is 0.399 e. The minimum atomic E-state index is -3.64. The van der Waals surface area contributed by atoms with Crippen LogP contribution in [-0.4, -0.2) is 26.5 Å². The van der Waals surface area contributed by atoms with Crippen molar-refractivity contribution in [1.82, 2.24) is 4.98 Å². The van der Waals surface area contributed by atoms with Crippen molar-refractivity contribution in [1.29, 1.82) is 0 Å². The molecule has 0 fully saturated rings. The molecule has 0 radical (unpaired) electrons. The number of hydrogen-bond donors (Lipinski definition) is 2. The number of rotatable bonds is 6. The lowest BCUT2D eigenvalue weighted by Crippen LogP contribution is -2.23. The molecule has 1 aromatic carbocycles. The summed E-state index contributed by atoms with van der Waals surface area (Å²) in [6.45, 7) is 5.65. The summed E-state index contributed by atoms with van der Waals surface area (Å²) in [5, 5.41) is 0. The van der Waals surface area contributed by atoms with Gasteiger partial charge in [-0.05, 0) is 44.2 Å². The Morgan fingerprint density at radius 1 is 1.14 bits per heavy atom. The molecule has 0 bridgehead atoms. The lowest BCUT2D eigenvalue weighted by Gasteiger charge is -2.20. The molecule has 0 atom stereocenters. The average molecular weight is 320 g/mol. The van der Waals surface area contributed by atoms with Gasteiger partial charge in [0, 0.05) is 31.0 Å². The van der Waals surface area contributed by atoms with Gasteiger partial charge in [0.15, 0.2) is 0 Å². The summed E-state index contributed by atoms with van der Waals surface area (Å²) < 4.78 is 27.3. The second-order valence-electron chi connectivity index (χ2n) is 4.75. The third-order valence-electron chi connectivity index (χ3n) is 3.28. The molecule has 0 aliphatic carbocycles. The van der Waals surface area contributed by atoms with Gasteiger partial charge >= 0.3 is 0 Å². The Morgan fingerprint density at radius 2 is 1.77 bits per heavy atom. The minimum absolute atomic E-state index is 0.169. The number of aromatic nitrogens is 1. The summed E-state index contributed by atoms with van der Waals surface area (Å²) in [5.41, 5.74) is 6.58.